The molecule has 7 nitrogen and oxygen atoms in total. The Morgan fingerprint density at radius 1 is 1.42 bits per heavy atom. The van der Waals surface area contributed by atoms with Crippen molar-refractivity contribution in [2.45, 2.75) is 45.8 Å². The number of pyridine rings is 1. The van der Waals surface area contributed by atoms with Crippen LogP contribution in [0.4, 0.5) is 0 Å². The van der Waals surface area contributed by atoms with Gasteiger partial charge in [-0.25, -0.2) is 9.98 Å². The summed E-state index contributed by atoms with van der Waals surface area (Å²) in [6.45, 7) is 8.01. The Bertz CT molecular complexity index is 622. The Labute approximate surface area is 156 Å². The fourth-order valence-electron chi connectivity index (χ4n) is 2.71. The van der Waals surface area contributed by atoms with Crippen LogP contribution in [0.2, 0.25) is 0 Å². The predicted molar refractivity (Wildman–Crippen MR) is 103 cm³/mol. The van der Waals surface area contributed by atoms with Crippen molar-refractivity contribution >= 4 is 11.9 Å². The molecule has 1 aromatic heterocycles. The number of carbonyl (C=O) groups excluding carboxylic acids is 1. The van der Waals surface area contributed by atoms with Crippen molar-refractivity contribution in [1.82, 2.24) is 20.1 Å². The number of hydrogen-bond donors (Lipinski definition) is 1. The molecule has 0 aliphatic carbocycles. The molecule has 1 N–H and O–H groups in total. The number of likely N-dealkylation sites (N-methyl/N-ethyl adjacent to an activating group) is 1. The molecule has 1 fully saturated rings. The number of hydrogen-bond acceptors (Lipinski definition) is 4. The zero-order chi connectivity index (χ0) is 19.1. The fraction of sp³-hybridized carbons (Fsp3) is 0.632. The normalized spacial score (nSPS) is 15.9. The molecule has 2 heterocycles. The molecule has 0 radical (unpaired) electrons. The largest absolute Gasteiger partial charge is 0.474 e. The van der Waals surface area contributed by atoms with Crippen LogP contribution >= 0.6 is 0 Å². The van der Waals surface area contributed by atoms with Crippen molar-refractivity contribution < 1.29 is 9.53 Å². The average Bonchev–Trinajstić information content (AvgIpc) is 2.58. The van der Waals surface area contributed by atoms with E-state index >= 15 is 0 Å². The highest BCUT2D eigenvalue weighted by Crippen LogP contribution is 2.18. The number of amides is 1. The molecule has 0 unspecified atom stereocenters. The number of nitrogens with one attached hydrogen (secondary N) is 1. The number of rotatable bonds is 5. The first kappa shape index (κ1) is 20.0. The summed E-state index contributed by atoms with van der Waals surface area (Å²) in [5.74, 6) is 1.48. The lowest BCUT2D eigenvalue weighted by molar-refractivity contribution is -0.127. The summed E-state index contributed by atoms with van der Waals surface area (Å²) < 4.78 is 6.02. The van der Waals surface area contributed by atoms with Gasteiger partial charge in [-0.1, -0.05) is 0 Å². The molecule has 7 heteroatoms. The van der Waals surface area contributed by atoms with E-state index in [1.165, 1.54) is 0 Å². The zero-order valence-corrected chi connectivity index (χ0v) is 16.5. The Balaban J connectivity index is 1.93. The molecule has 1 saturated heterocycles. The van der Waals surface area contributed by atoms with Gasteiger partial charge in [-0.15, -0.1) is 0 Å². The molecule has 0 spiro atoms. The summed E-state index contributed by atoms with van der Waals surface area (Å²) >= 11 is 0. The van der Waals surface area contributed by atoms with Crippen molar-refractivity contribution in [2.24, 2.45) is 4.99 Å². The highest BCUT2D eigenvalue weighted by molar-refractivity contribution is 5.85. The second-order valence-corrected chi connectivity index (χ2v) is 7.20. The van der Waals surface area contributed by atoms with Gasteiger partial charge in [0, 0.05) is 58.3 Å². The summed E-state index contributed by atoms with van der Waals surface area (Å²) in [6, 6.07) is 4.19. The number of nitrogens with zero attached hydrogens (tertiary/aromatic N) is 4. The average molecular weight is 361 g/mol. The van der Waals surface area contributed by atoms with Crippen molar-refractivity contribution in [1.29, 1.82) is 0 Å². The van der Waals surface area contributed by atoms with Crippen LogP contribution in [0.25, 0.3) is 0 Å². The number of ether oxygens (including phenoxy) is 1. The number of aromatic nitrogens is 1. The summed E-state index contributed by atoms with van der Waals surface area (Å²) in [5.41, 5.74) is 1.15. The van der Waals surface area contributed by atoms with Crippen molar-refractivity contribution in [3.8, 4) is 5.88 Å². The lowest BCUT2D eigenvalue weighted by Gasteiger charge is -2.35. The van der Waals surface area contributed by atoms with Gasteiger partial charge in [0.2, 0.25) is 11.8 Å². The minimum atomic E-state index is -0.00297. The van der Waals surface area contributed by atoms with Gasteiger partial charge in [0.1, 0.15) is 12.6 Å². The molecule has 0 atom stereocenters. The van der Waals surface area contributed by atoms with E-state index in [1.54, 1.807) is 25.2 Å². The van der Waals surface area contributed by atoms with Crippen molar-refractivity contribution in [3.63, 3.8) is 0 Å². The molecule has 1 aliphatic rings. The number of piperidine rings is 1. The zero-order valence-electron chi connectivity index (χ0n) is 16.5. The van der Waals surface area contributed by atoms with Crippen LogP contribution in [0.3, 0.4) is 0 Å². The van der Waals surface area contributed by atoms with Crippen molar-refractivity contribution in [3.05, 3.63) is 23.9 Å². The van der Waals surface area contributed by atoms with Gasteiger partial charge < -0.3 is 19.9 Å². The number of aliphatic imine (C=N–C) groups is 1. The smallest absolute Gasteiger partial charge is 0.243 e. The molecule has 0 aromatic carbocycles. The summed E-state index contributed by atoms with van der Waals surface area (Å²) in [4.78, 5) is 24.4. The SMILES string of the molecule is Cc1ccnc(OC2CCN(C(=NCC(=O)N(C)C)NC(C)C)CC2)c1. The molecule has 144 valence electrons. The van der Waals surface area contributed by atoms with Crippen LogP contribution in [0, 0.1) is 6.92 Å². The molecule has 2 rings (SSSR count). The summed E-state index contributed by atoms with van der Waals surface area (Å²) in [7, 11) is 3.49. The van der Waals surface area contributed by atoms with Crippen LogP contribution in [0.15, 0.2) is 23.3 Å². The maximum Gasteiger partial charge on any atom is 0.243 e. The Hall–Kier alpha value is -2.31. The molecule has 26 heavy (non-hydrogen) atoms. The van der Waals surface area contributed by atoms with Crippen LogP contribution in [0.5, 0.6) is 5.88 Å². The van der Waals surface area contributed by atoms with Gasteiger partial charge in [-0.3, -0.25) is 4.79 Å². The van der Waals surface area contributed by atoms with E-state index in [9.17, 15) is 4.79 Å². The fourth-order valence-corrected chi connectivity index (χ4v) is 2.71. The van der Waals surface area contributed by atoms with E-state index in [0.29, 0.717) is 5.88 Å². The highest BCUT2D eigenvalue weighted by atomic mass is 16.5. The molecule has 1 amide bonds. The minimum absolute atomic E-state index is 0.00297. The van der Waals surface area contributed by atoms with E-state index < -0.39 is 0 Å². The Kier molecular flexibility index (Phi) is 7.24. The van der Waals surface area contributed by atoms with E-state index in [4.69, 9.17) is 4.74 Å². The van der Waals surface area contributed by atoms with Crippen LogP contribution in [-0.4, -0.2) is 72.5 Å². The van der Waals surface area contributed by atoms with Crippen LogP contribution < -0.4 is 10.1 Å². The second-order valence-electron chi connectivity index (χ2n) is 7.20. The maximum absolute atomic E-state index is 11.8. The van der Waals surface area contributed by atoms with Gasteiger partial charge in [-0.2, -0.15) is 0 Å². The quantitative estimate of drug-likeness (QED) is 0.638. The van der Waals surface area contributed by atoms with Gasteiger partial charge in [0.25, 0.3) is 0 Å². The van der Waals surface area contributed by atoms with E-state index in [0.717, 1.165) is 37.5 Å². The van der Waals surface area contributed by atoms with Crippen LogP contribution in [0.1, 0.15) is 32.3 Å². The first-order valence-corrected chi connectivity index (χ1v) is 9.20. The van der Waals surface area contributed by atoms with Gasteiger partial charge in [0.05, 0.1) is 0 Å². The Morgan fingerprint density at radius 3 is 2.69 bits per heavy atom. The first-order valence-electron chi connectivity index (χ1n) is 9.20. The molecule has 0 saturated carbocycles. The third-order valence-electron chi connectivity index (χ3n) is 4.20. The van der Waals surface area contributed by atoms with E-state index in [-0.39, 0.29) is 24.6 Å². The molecule has 1 aliphatic heterocycles. The monoisotopic (exact) mass is 361 g/mol. The van der Waals surface area contributed by atoms with Gasteiger partial charge >= 0.3 is 0 Å². The maximum atomic E-state index is 11.8. The second kappa shape index (κ2) is 9.40. The number of likely N-dealkylation sites (tertiary alicyclic amines) is 1. The molecular weight excluding hydrogens is 330 g/mol. The minimum Gasteiger partial charge on any atom is -0.474 e. The lowest BCUT2D eigenvalue weighted by Crippen LogP contribution is -2.49. The standard InChI is InChI=1S/C19H31N5O2/c1-14(2)22-19(21-13-18(25)23(4)5)24-10-7-16(8-11-24)26-17-12-15(3)6-9-20-17/h6,9,12,14,16H,7-8,10-11,13H2,1-5H3,(H,21,22). The van der Waals surface area contributed by atoms with Crippen LogP contribution in [-0.2, 0) is 4.79 Å². The topological polar surface area (TPSA) is 70.1 Å². The highest BCUT2D eigenvalue weighted by Gasteiger charge is 2.23. The summed E-state index contributed by atoms with van der Waals surface area (Å²) in [5, 5.41) is 3.37. The molecule has 1 aromatic rings. The molecule has 0 bridgehead atoms. The number of aryl methyl sites for hydroxylation is 1. The number of carbonyl (C=O) groups is 1. The third-order valence-corrected chi connectivity index (χ3v) is 4.20. The van der Waals surface area contributed by atoms with Crippen molar-refractivity contribution in [2.75, 3.05) is 33.7 Å². The predicted octanol–water partition coefficient (Wildman–Crippen LogP) is 1.68. The summed E-state index contributed by atoms with van der Waals surface area (Å²) in [6.07, 6.45) is 3.73. The van der Waals surface area contributed by atoms with Gasteiger partial charge in [0.15, 0.2) is 5.96 Å². The Morgan fingerprint density at radius 2 is 2.12 bits per heavy atom. The third kappa shape index (κ3) is 6.20. The molecular formula is C19H31N5O2. The van der Waals surface area contributed by atoms with E-state index in [1.807, 2.05) is 19.1 Å². The van der Waals surface area contributed by atoms with Gasteiger partial charge in [-0.05, 0) is 32.4 Å². The lowest BCUT2D eigenvalue weighted by atomic mass is 10.1. The van der Waals surface area contributed by atoms with E-state index in [2.05, 4.69) is 34.0 Å². The number of guanidine groups is 1. The first-order chi connectivity index (χ1) is 12.3.